The first-order chi connectivity index (χ1) is 9.52. The van der Waals surface area contributed by atoms with Crippen LogP contribution in [0.3, 0.4) is 0 Å². The number of halogens is 2. The lowest BCUT2D eigenvalue weighted by Gasteiger charge is -2.09. The Kier molecular flexibility index (Phi) is 3.87. The smallest absolute Gasteiger partial charge is 0.260 e. The van der Waals surface area contributed by atoms with Gasteiger partial charge >= 0.3 is 0 Å². The van der Waals surface area contributed by atoms with Crippen molar-refractivity contribution in [3.63, 3.8) is 0 Å². The van der Waals surface area contributed by atoms with Gasteiger partial charge in [0.1, 0.15) is 11.9 Å². The Balaban J connectivity index is 2.36. The van der Waals surface area contributed by atoms with Crippen molar-refractivity contribution in [2.45, 2.75) is 0 Å². The second-order valence-corrected chi connectivity index (χ2v) is 4.37. The standard InChI is InChI=1S/C14H9ClFN3O/c15-10-2-1-3-11(16)13(10)14(20)19-12-5-4-9(18)6-8(12)7-17/h1-6H,18H2,(H,19,20). The molecule has 0 radical (unpaired) electrons. The third kappa shape index (κ3) is 2.71. The van der Waals surface area contributed by atoms with Gasteiger partial charge in [-0.15, -0.1) is 0 Å². The van der Waals surface area contributed by atoms with Crippen molar-refractivity contribution in [3.8, 4) is 6.07 Å². The van der Waals surface area contributed by atoms with Gasteiger partial charge in [-0.05, 0) is 30.3 Å². The van der Waals surface area contributed by atoms with Crippen molar-refractivity contribution < 1.29 is 9.18 Å². The van der Waals surface area contributed by atoms with Crippen LogP contribution in [0.2, 0.25) is 5.02 Å². The fourth-order valence-corrected chi connectivity index (χ4v) is 1.91. The van der Waals surface area contributed by atoms with E-state index in [1.165, 1.54) is 30.3 Å². The highest BCUT2D eigenvalue weighted by molar-refractivity contribution is 6.34. The monoisotopic (exact) mass is 289 g/mol. The lowest BCUT2D eigenvalue weighted by molar-refractivity contribution is 0.102. The van der Waals surface area contributed by atoms with Crippen molar-refractivity contribution in [1.29, 1.82) is 5.26 Å². The predicted molar refractivity (Wildman–Crippen MR) is 74.9 cm³/mol. The summed E-state index contributed by atoms with van der Waals surface area (Å²) in [5.74, 6) is -1.46. The minimum absolute atomic E-state index is 0.00328. The van der Waals surface area contributed by atoms with E-state index in [1.54, 1.807) is 0 Å². The Labute approximate surface area is 119 Å². The number of amides is 1. The Morgan fingerprint density at radius 3 is 2.75 bits per heavy atom. The molecule has 4 nitrogen and oxygen atoms in total. The first kappa shape index (κ1) is 13.8. The van der Waals surface area contributed by atoms with Gasteiger partial charge in [0.15, 0.2) is 0 Å². The summed E-state index contributed by atoms with van der Waals surface area (Å²) in [4.78, 5) is 12.0. The van der Waals surface area contributed by atoms with E-state index in [1.807, 2.05) is 6.07 Å². The van der Waals surface area contributed by atoms with E-state index in [0.717, 1.165) is 6.07 Å². The summed E-state index contributed by atoms with van der Waals surface area (Å²) < 4.78 is 13.6. The molecular weight excluding hydrogens is 281 g/mol. The van der Waals surface area contributed by atoms with Crippen molar-refractivity contribution in [2.75, 3.05) is 11.1 Å². The molecule has 0 aromatic heterocycles. The minimum Gasteiger partial charge on any atom is -0.399 e. The minimum atomic E-state index is -0.732. The van der Waals surface area contributed by atoms with Crippen LogP contribution in [0.25, 0.3) is 0 Å². The summed E-state index contributed by atoms with van der Waals surface area (Å²) in [5, 5.41) is 11.4. The zero-order valence-corrected chi connectivity index (χ0v) is 10.9. The second-order valence-electron chi connectivity index (χ2n) is 3.97. The average molecular weight is 290 g/mol. The van der Waals surface area contributed by atoms with Gasteiger partial charge in [-0.1, -0.05) is 17.7 Å². The SMILES string of the molecule is N#Cc1cc(N)ccc1NC(=O)c1c(F)cccc1Cl. The molecule has 0 spiro atoms. The van der Waals surface area contributed by atoms with E-state index in [9.17, 15) is 9.18 Å². The maximum absolute atomic E-state index is 13.6. The van der Waals surface area contributed by atoms with Crippen LogP contribution in [0, 0.1) is 17.1 Å². The van der Waals surface area contributed by atoms with E-state index in [0.29, 0.717) is 5.69 Å². The number of carbonyl (C=O) groups excluding carboxylic acids is 1. The van der Waals surface area contributed by atoms with Crippen LogP contribution in [0.4, 0.5) is 15.8 Å². The molecule has 100 valence electrons. The van der Waals surface area contributed by atoms with Crippen molar-refractivity contribution in [1.82, 2.24) is 0 Å². The van der Waals surface area contributed by atoms with Gasteiger partial charge in [-0.25, -0.2) is 4.39 Å². The quantitative estimate of drug-likeness (QED) is 0.833. The van der Waals surface area contributed by atoms with Crippen LogP contribution >= 0.6 is 11.6 Å². The molecule has 0 aliphatic rings. The van der Waals surface area contributed by atoms with Gasteiger partial charge in [0, 0.05) is 5.69 Å². The highest BCUT2D eigenvalue weighted by Gasteiger charge is 2.17. The molecule has 0 unspecified atom stereocenters. The van der Waals surface area contributed by atoms with Crippen LogP contribution < -0.4 is 11.1 Å². The molecule has 0 atom stereocenters. The molecule has 2 rings (SSSR count). The number of rotatable bonds is 2. The first-order valence-electron chi connectivity index (χ1n) is 5.58. The highest BCUT2D eigenvalue weighted by Crippen LogP contribution is 2.23. The third-order valence-electron chi connectivity index (χ3n) is 2.60. The van der Waals surface area contributed by atoms with E-state index in [2.05, 4.69) is 5.32 Å². The molecule has 0 saturated heterocycles. The normalized spacial score (nSPS) is 9.85. The van der Waals surface area contributed by atoms with Gasteiger partial charge in [0.05, 0.1) is 21.8 Å². The third-order valence-corrected chi connectivity index (χ3v) is 2.92. The van der Waals surface area contributed by atoms with Crippen LogP contribution in [-0.2, 0) is 0 Å². The predicted octanol–water partition coefficient (Wildman–Crippen LogP) is 3.19. The molecule has 0 bridgehead atoms. The summed E-state index contributed by atoms with van der Waals surface area (Å²) in [7, 11) is 0. The molecule has 0 saturated carbocycles. The van der Waals surface area contributed by atoms with Crippen molar-refractivity contribution in [2.24, 2.45) is 0 Å². The fourth-order valence-electron chi connectivity index (χ4n) is 1.66. The Hall–Kier alpha value is -2.58. The van der Waals surface area contributed by atoms with Gasteiger partial charge in [-0.3, -0.25) is 4.79 Å². The molecule has 0 fully saturated rings. The Morgan fingerprint density at radius 1 is 1.35 bits per heavy atom. The molecule has 3 N–H and O–H groups in total. The Bertz CT molecular complexity index is 705. The number of hydrogen-bond donors (Lipinski definition) is 2. The number of nitrogens with one attached hydrogen (secondary N) is 1. The van der Waals surface area contributed by atoms with Crippen molar-refractivity contribution >= 4 is 28.9 Å². The number of nitrogens with two attached hydrogens (primary N) is 1. The average Bonchev–Trinajstić information content (AvgIpc) is 2.40. The number of carbonyl (C=O) groups is 1. The van der Waals surface area contributed by atoms with Gasteiger partial charge < -0.3 is 11.1 Å². The van der Waals surface area contributed by atoms with Gasteiger partial charge in [-0.2, -0.15) is 5.26 Å². The number of benzene rings is 2. The molecule has 0 aliphatic heterocycles. The summed E-state index contributed by atoms with van der Waals surface area (Å²) in [6.07, 6.45) is 0. The zero-order chi connectivity index (χ0) is 14.7. The summed E-state index contributed by atoms with van der Waals surface area (Å²) in [6, 6.07) is 10.3. The van der Waals surface area contributed by atoms with E-state index < -0.39 is 11.7 Å². The second kappa shape index (κ2) is 5.59. The van der Waals surface area contributed by atoms with Crippen LogP contribution in [0.5, 0.6) is 0 Å². The lowest BCUT2D eigenvalue weighted by atomic mass is 10.1. The summed E-state index contributed by atoms with van der Waals surface area (Å²) in [5.41, 5.74) is 6.10. The molecule has 0 heterocycles. The fraction of sp³-hybridized carbons (Fsp3) is 0. The molecule has 1 amide bonds. The van der Waals surface area contributed by atoms with Crippen LogP contribution in [-0.4, -0.2) is 5.91 Å². The maximum Gasteiger partial charge on any atom is 0.260 e. The van der Waals surface area contributed by atoms with Gasteiger partial charge in [0.25, 0.3) is 5.91 Å². The number of nitriles is 1. The molecular formula is C14H9ClFN3O. The Morgan fingerprint density at radius 2 is 2.10 bits per heavy atom. The maximum atomic E-state index is 13.6. The molecule has 6 heteroatoms. The summed E-state index contributed by atoms with van der Waals surface area (Å²) in [6.45, 7) is 0. The number of hydrogen-bond acceptors (Lipinski definition) is 3. The van der Waals surface area contributed by atoms with E-state index in [-0.39, 0.29) is 21.8 Å². The lowest BCUT2D eigenvalue weighted by Crippen LogP contribution is -2.15. The summed E-state index contributed by atoms with van der Waals surface area (Å²) >= 11 is 5.80. The van der Waals surface area contributed by atoms with Crippen molar-refractivity contribution in [3.05, 3.63) is 58.4 Å². The number of nitrogens with zero attached hydrogens (tertiary/aromatic N) is 1. The van der Waals surface area contributed by atoms with Crippen LogP contribution in [0.15, 0.2) is 36.4 Å². The zero-order valence-electron chi connectivity index (χ0n) is 10.2. The van der Waals surface area contributed by atoms with E-state index in [4.69, 9.17) is 22.6 Å². The molecule has 2 aromatic rings. The van der Waals surface area contributed by atoms with Crippen LogP contribution in [0.1, 0.15) is 15.9 Å². The molecule has 2 aromatic carbocycles. The largest absolute Gasteiger partial charge is 0.399 e. The topological polar surface area (TPSA) is 78.9 Å². The van der Waals surface area contributed by atoms with E-state index >= 15 is 0 Å². The highest BCUT2D eigenvalue weighted by atomic mass is 35.5. The molecule has 0 aliphatic carbocycles. The van der Waals surface area contributed by atoms with Gasteiger partial charge in [0.2, 0.25) is 0 Å². The number of anilines is 2. The molecule has 20 heavy (non-hydrogen) atoms. The number of nitrogen functional groups attached to an aromatic ring is 1. The first-order valence-corrected chi connectivity index (χ1v) is 5.95.